The number of methoxy groups -OCH3 is 1. The molecule has 38 heavy (non-hydrogen) atoms. The fourth-order valence-corrected chi connectivity index (χ4v) is 4.49. The molecule has 202 valence electrons. The summed E-state index contributed by atoms with van der Waals surface area (Å²) < 4.78 is 16.3. The molecule has 0 spiro atoms. The number of esters is 1. The van der Waals surface area contributed by atoms with Crippen LogP contribution in [0.15, 0.2) is 34.7 Å². The maximum Gasteiger partial charge on any atom is 0.373 e. The normalized spacial score (nSPS) is 12.7. The van der Waals surface area contributed by atoms with E-state index in [9.17, 15) is 14.4 Å². The zero-order chi connectivity index (χ0) is 27.1. The Labute approximate surface area is 231 Å². The van der Waals surface area contributed by atoms with E-state index in [1.54, 1.807) is 42.3 Å². The van der Waals surface area contributed by atoms with Crippen LogP contribution in [-0.4, -0.2) is 55.7 Å². The number of nitrogens with zero attached hydrogens (tertiary/aromatic N) is 1. The molecule has 0 saturated carbocycles. The maximum absolute atomic E-state index is 13.5. The molecular formula is C28H32BrN3O6. The van der Waals surface area contributed by atoms with Crippen molar-refractivity contribution in [1.29, 1.82) is 5.41 Å². The van der Waals surface area contributed by atoms with Crippen molar-refractivity contribution in [3.63, 3.8) is 0 Å². The number of hydrogen-bond donors (Lipinski definition) is 2. The number of rotatable bonds is 7. The Morgan fingerprint density at radius 3 is 2.45 bits per heavy atom. The van der Waals surface area contributed by atoms with Gasteiger partial charge in [0.25, 0.3) is 5.91 Å². The van der Waals surface area contributed by atoms with E-state index in [1.165, 1.54) is 7.11 Å². The highest BCUT2D eigenvalue weighted by molar-refractivity contribution is 8.93. The number of furan rings is 1. The van der Waals surface area contributed by atoms with Gasteiger partial charge in [0.1, 0.15) is 17.2 Å². The first kappa shape index (κ1) is 28.9. The molecule has 3 aromatic rings. The SMILES string of the molecule is Br.CCOc1cc2c(cc1C(=O)NC)C(=N)N(CC(=O)c1cc(C(C)(C)C)c3oc(C(=O)OC)cc3c1)C2. The van der Waals surface area contributed by atoms with Gasteiger partial charge in [0.2, 0.25) is 5.76 Å². The van der Waals surface area contributed by atoms with E-state index < -0.39 is 5.97 Å². The average molecular weight is 586 g/mol. The third-order valence-electron chi connectivity index (χ3n) is 6.38. The fraction of sp³-hybridized carbons (Fsp3) is 0.357. The smallest absolute Gasteiger partial charge is 0.373 e. The zero-order valence-electron chi connectivity index (χ0n) is 22.3. The molecule has 0 bridgehead atoms. The minimum absolute atomic E-state index is 0. The number of halogens is 1. The molecule has 9 nitrogen and oxygen atoms in total. The van der Waals surface area contributed by atoms with E-state index in [1.807, 2.05) is 27.7 Å². The van der Waals surface area contributed by atoms with Crippen LogP contribution in [0.1, 0.15) is 75.7 Å². The first-order valence-corrected chi connectivity index (χ1v) is 12.0. The van der Waals surface area contributed by atoms with Gasteiger partial charge in [-0.3, -0.25) is 15.0 Å². The third kappa shape index (κ3) is 5.31. The molecule has 1 amide bonds. The Bertz CT molecular complexity index is 1440. The number of amides is 1. The van der Waals surface area contributed by atoms with Gasteiger partial charge in [0, 0.05) is 35.7 Å². The van der Waals surface area contributed by atoms with Crippen LogP contribution in [0.5, 0.6) is 5.75 Å². The molecule has 4 rings (SSSR count). The topological polar surface area (TPSA) is 122 Å². The molecule has 0 aliphatic carbocycles. The lowest BCUT2D eigenvalue weighted by atomic mass is 9.84. The highest BCUT2D eigenvalue weighted by Gasteiger charge is 2.30. The Hall–Kier alpha value is -3.66. The summed E-state index contributed by atoms with van der Waals surface area (Å²) in [6, 6.07) is 8.49. The highest BCUT2D eigenvalue weighted by Crippen LogP contribution is 2.35. The molecule has 0 unspecified atom stereocenters. The average Bonchev–Trinajstić information content (AvgIpc) is 3.42. The summed E-state index contributed by atoms with van der Waals surface area (Å²) in [5, 5.41) is 11.9. The monoisotopic (exact) mass is 585 g/mol. The summed E-state index contributed by atoms with van der Waals surface area (Å²) in [6.07, 6.45) is 0. The van der Waals surface area contributed by atoms with Gasteiger partial charge in [-0.15, -0.1) is 17.0 Å². The van der Waals surface area contributed by atoms with Crippen molar-refractivity contribution in [1.82, 2.24) is 10.2 Å². The predicted molar refractivity (Wildman–Crippen MR) is 149 cm³/mol. The second-order valence-corrected chi connectivity index (χ2v) is 9.94. The zero-order valence-corrected chi connectivity index (χ0v) is 24.0. The van der Waals surface area contributed by atoms with E-state index >= 15 is 0 Å². The van der Waals surface area contributed by atoms with E-state index in [-0.39, 0.29) is 52.2 Å². The van der Waals surface area contributed by atoms with Gasteiger partial charge in [-0.05, 0) is 48.2 Å². The van der Waals surface area contributed by atoms with Gasteiger partial charge in [-0.25, -0.2) is 4.79 Å². The number of nitrogens with one attached hydrogen (secondary N) is 2. The van der Waals surface area contributed by atoms with Gasteiger partial charge >= 0.3 is 5.97 Å². The molecule has 1 aromatic heterocycles. The maximum atomic E-state index is 13.5. The van der Waals surface area contributed by atoms with Crippen molar-refractivity contribution < 1.29 is 28.3 Å². The summed E-state index contributed by atoms with van der Waals surface area (Å²) in [4.78, 5) is 39.5. The number of fused-ring (bicyclic) bond motifs is 2. The van der Waals surface area contributed by atoms with Crippen LogP contribution in [0.3, 0.4) is 0 Å². The van der Waals surface area contributed by atoms with Crippen LogP contribution in [0, 0.1) is 5.41 Å². The molecule has 0 radical (unpaired) electrons. The predicted octanol–water partition coefficient (Wildman–Crippen LogP) is 4.88. The summed E-state index contributed by atoms with van der Waals surface area (Å²) in [7, 11) is 2.82. The quantitative estimate of drug-likeness (QED) is 0.299. The van der Waals surface area contributed by atoms with Crippen LogP contribution >= 0.6 is 17.0 Å². The van der Waals surface area contributed by atoms with Gasteiger partial charge in [0.05, 0.1) is 25.8 Å². The number of benzene rings is 2. The van der Waals surface area contributed by atoms with Gasteiger partial charge in [-0.1, -0.05) is 20.8 Å². The molecule has 2 N–H and O–H groups in total. The first-order valence-electron chi connectivity index (χ1n) is 12.0. The van der Waals surface area contributed by atoms with E-state index in [0.717, 1.165) is 11.1 Å². The second-order valence-electron chi connectivity index (χ2n) is 9.94. The number of carbonyl (C=O) groups excluding carboxylic acids is 3. The number of ether oxygens (including phenoxy) is 2. The first-order chi connectivity index (χ1) is 17.5. The number of amidine groups is 1. The van der Waals surface area contributed by atoms with Crippen molar-refractivity contribution in [3.05, 3.63) is 63.9 Å². The number of carbonyl (C=O) groups is 3. The van der Waals surface area contributed by atoms with Gasteiger partial charge in [0.15, 0.2) is 5.78 Å². The minimum Gasteiger partial charge on any atom is -0.493 e. The summed E-state index contributed by atoms with van der Waals surface area (Å²) in [6.45, 7) is 8.57. The summed E-state index contributed by atoms with van der Waals surface area (Å²) in [5.74, 6) is -0.380. The number of hydrogen-bond acceptors (Lipinski definition) is 7. The largest absolute Gasteiger partial charge is 0.493 e. The van der Waals surface area contributed by atoms with Crippen molar-refractivity contribution >= 4 is 51.4 Å². The van der Waals surface area contributed by atoms with Gasteiger partial charge < -0.3 is 24.1 Å². The molecule has 0 fully saturated rings. The summed E-state index contributed by atoms with van der Waals surface area (Å²) in [5.41, 5.74) is 3.19. The Balaban J connectivity index is 0.00000400. The molecule has 1 aliphatic heterocycles. The Kier molecular flexibility index (Phi) is 8.36. The second kappa shape index (κ2) is 11.0. The third-order valence-corrected chi connectivity index (χ3v) is 6.38. The Morgan fingerprint density at radius 1 is 1.13 bits per heavy atom. The van der Waals surface area contributed by atoms with Crippen LogP contribution in [-0.2, 0) is 16.7 Å². The molecule has 10 heteroatoms. The number of ketones is 1. The molecule has 0 atom stereocenters. The molecule has 2 aromatic carbocycles. The lowest BCUT2D eigenvalue weighted by Crippen LogP contribution is -2.30. The Morgan fingerprint density at radius 2 is 1.84 bits per heavy atom. The number of Topliss-reactive ketones (excluding diaryl/α,β-unsaturated/α-hetero) is 1. The summed E-state index contributed by atoms with van der Waals surface area (Å²) >= 11 is 0. The minimum atomic E-state index is -0.588. The van der Waals surface area contributed by atoms with Crippen molar-refractivity contribution in [3.8, 4) is 5.75 Å². The van der Waals surface area contributed by atoms with Crippen molar-refractivity contribution in [2.24, 2.45) is 0 Å². The van der Waals surface area contributed by atoms with E-state index in [4.69, 9.17) is 19.3 Å². The lowest BCUT2D eigenvalue weighted by Gasteiger charge is -2.21. The van der Waals surface area contributed by atoms with Crippen LogP contribution in [0.25, 0.3) is 11.0 Å². The van der Waals surface area contributed by atoms with Gasteiger partial charge in [-0.2, -0.15) is 0 Å². The van der Waals surface area contributed by atoms with Crippen LogP contribution in [0.4, 0.5) is 0 Å². The van der Waals surface area contributed by atoms with Crippen LogP contribution in [0.2, 0.25) is 0 Å². The van der Waals surface area contributed by atoms with Crippen molar-refractivity contribution in [2.45, 2.75) is 39.7 Å². The standard InChI is InChI=1S/C28H31N3O6.BrH/c1-7-36-22-11-17-13-31(25(29)18(17)12-19(22)26(33)30-5)14-21(32)15-8-16-10-23(27(34)35-6)37-24(16)20(9-15)28(2,3)4;/h8-12,29H,7,13-14H2,1-6H3,(H,30,33);1H. The molecule has 1 aliphatic rings. The highest BCUT2D eigenvalue weighted by atomic mass is 79.9. The van der Waals surface area contributed by atoms with E-state index in [2.05, 4.69) is 5.32 Å². The fourth-order valence-electron chi connectivity index (χ4n) is 4.49. The molecule has 0 saturated heterocycles. The molecule has 2 heterocycles. The lowest BCUT2D eigenvalue weighted by molar-refractivity contribution is 0.0567. The van der Waals surface area contributed by atoms with Crippen molar-refractivity contribution in [2.75, 3.05) is 27.3 Å². The molecular weight excluding hydrogens is 554 g/mol. The van der Waals surface area contributed by atoms with E-state index in [0.29, 0.717) is 46.6 Å². The van der Waals surface area contributed by atoms with Crippen LogP contribution < -0.4 is 10.1 Å².